The maximum Gasteiger partial charge on any atom is 0.269 e. The minimum atomic E-state index is -0.380. The lowest BCUT2D eigenvalue weighted by molar-refractivity contribution is -0.384. The highest BCUT2D eigenvalue weighted by Crippen LogP contribution is 2.15. The van der Waals surface area contributed by atoms with Gasteiger partial charge >= 0.3 is 0 Å². The van der Waals surface area contributed by atoms with Crippen molar-refractivity contribution in [1.82, 2.24) is 15.1 Å². The van der Waals surface area contributed by atoms with E-state index in [9.17, 15) is 10.1 Å². The summed E-state index contributed by atoms with van der Waals surface area (Å²) in [5, 5.41) is 18.3. The smallest absolute Gasteiger partial charge is 0.269 e. The van der Waals surface area contributed by atoms with Crippen LogP contribution in [0.4, 0.5) is 5.69 Å². The molecule has 0 amide bonds. The SMILES string of the molecule is CNCc1c(C)nn(CCc2ccc([N+](=O)[O-])cc2)c1C. The summed E-state index contributed by atoms with van der Waals surface area (Å²) in [7, 11) is 1.92. The van der Waals surface area contributed by atoms with Crippen LogP contribution in [-0.2, 0) is 19.5 Å². The first-order valence-electron chi connectivity index (χ1n) is 6.93. The van der Waals surface area contributed by atoms with Gasteiger partial charge in [0.15, 0.2) is 0 Å². The third-order valence-electron chi connectivity index (χ3n) is 3.64. The highest BCUT2D eigenvalue weighted by atomic mass is 16.6. The van der Waals surface area contributed by atoms with Gasteiger partial charge in [0.1, 0.15) is 0 Å². The number of rotatable bonds is 6. The fraction of sp³-hybridized carbons (Fsp3) is 0.400. The number of non-ortho nitro benzene ring substituents is 1. The summed E-state index contributed by atoms with van der Waals surface area (Å²) in [6.07, 6.45) is 0.805. The Morgan fingerprint density at radius 1 is 1.29 bits per heavy atom. The van der Waals surface area contributed by atoms with Crippen molar-refractivity contribution in [2.75, 3.05) is 7.05 Å². The lowest BCUT2D eigenvalue weighted by Crippen LogP contribution is -2.08. The van der Waals surface area contributed by atoms with Crippen molar-refractivity contribution in [1.29, 1.82) is 0 Å². The second kappa shape index (κ2) is 6.49. The molecule has 0 atom stereocenters. The second-order valence-electron chi connectivity index (χ2n) is 5.08. The Bertz CT molecular complexity index is 632. The third kappa shape index (κ3) is 3.46. The zero-order valence-corrected chi connectivity index (χ0v) is 12.6. The number of nitrogens with one attached hydrogen (secondary N) is 1. The molecule has 1 heterocycles. The predicted molar refractivity (Wildman–Crippen MR) is 81.3 cm³/mol. The predicted octanol–water partition coefficient (Wildman–Crippen LogP) is 2.37. The molecule has 1 aromatic heterocycles. The molecule has 1 aromatic carbocycles. The van der Waals surface area contributed by atoms with Gasteiger partial charge in [-0.25, -0.2) is 0 Å². The van der Waals surface area contributed by atoms with E-state index in [4.69, 9.17) is 0 Å². The van der Waals surface area contributed by atoms with Crippen molar-refractivity contribution < 1.29 is 4.92 Å². The van der Waals surface area contributed by atoms with Gasteiger partial charge in [-0.15, -0.1) is 0 Å². The van der Waals surface area contributed by atoms with Crippen LogP contribution < -0.4 is 5.32 Å². The van der Waals surface area contributed by atoms with Gasteiger partial charge < -0.3 is 5.32 Å². The zero-order chi connectivity index (χ0) is 15.4. The number of hydrogen-bond acceptors (Lipinski definition) is 4. The van der Waals surface area contributed by atoms with Gasteiger partial charge in [0, 0.05) is 36.5 Å². The molecule has 2 aromatic rings. The van der Waals surface area contributed by atoms with Gasteiger partial charge in [0.2, 0.25) is 0 Å². The highest BCUT2D eigenvalue weighted by molar-refractivity contribution is 5.33. The minimum absolute atomic E-state index is 0.126. The van der Waals surface area contributed by atoms with Gasteiger partial charge in [0.25, 0.3) is 5.69 Å². The van der Waals surface area contributed by atoms with Crippen LogP contribution in [-0.4, -0.2) is 21.8 Å². The molecule has 6 heteroatoms. The van der Waals surface area contributed by atoms with Gasteiger partial charge in [-0.1, -0.05) is 12.1 Å². The summed E-state index contributed by atoms with van der Waals surface area (Å²) in [6, 6.07) is 6.70. The highest BCUT2D eigenvalue weighted by Gasteiger charge is 2.10. The van der Waals surface area contributed by atoms with E-state index in [1.54, 1.807) is 24.3 Å². The summed E-state index contributed by atoms with van der Waals surface area (Å²) in [5.41, 5.74) is 4.65. The van der Waals surface area contributed by atoms with Crippen LogP contribution in [0.2, 0.25) is 0 Å². The van der Waals surface area contributed by atoms with E-state index in [1.807, 2.05) is 18.7 Å². The van der Waals surface area contributed by atoms with Crippen LogP contribution >= 0.6 is 0 Å². The fourth-order valence-corrected chi connectivity index (χ4v) is 2.40. The number of nitro benzene ring substituents is 1. The normalized spacial score (nSPS) is 10.8. The maximum atomic E-state index is 10.6. The third-order valence-corrected chi connectivity index (χ3v) is 3.64. The van der Waals surface area contributed by atoms with Gasteiger partial charge in [-0.05, 0) is 32.9 Å². The Morgan fingerprint density at radius 3 is 2.52 bits per heavy atom. The molecule has 112 valence electrons. The zero-order valence-electron chi connectivity index (χ0n) is 12.6. The van der Waals surface area contributed by atoms with E-state index in [1.165, 1.54) is 11.3 Å². The van der Waals surface area contributed by atoms with E-state index in [2.05, 4.69) is 17.3 Å². The van der Waals surface area contributed by atoms with E-state index in [0.717, 1.165) is 30.8 Å². The van der Waals surface area contributed by atoms with Crippen molar-refractivity contribution in [2.45, 2.75) is 33.4 Å². The monoisotopic (exact) mass is 288 g/mol. The summed E-state index contributed by atoms with van der Waals surface area (Å²) in [4.78, 5) is 10.2. The average Bonchev–Trinajstić information content (AvgIpc) is 2.73. The van der Waals surface area contributed by atoms with Crippen molar-refractivity contribution in [3.63, 3.8) is 0 Å². The Balaban J connectivity index is 2.06. The van der Waals surface area contributed by atoms with Gasteiger partial charge in [-0.2, -0.15) is 5.10 Å². The Hall–Kier alpha value is -2.21. The van der Waals surface area contributed by atoms with Crippen LogP contribution in [0.3, 0.4) is 0 Å². The summed E-state index contributed by atoms with van der Waals surface area (Å²) < 4.78 is 2.00. The second-order valence-corrected chi connectivity index (χ2v) is 5.08. The molecule has 2 rings (SSSR count). The summed E-state index contributed by atoms with van der Waals surface area (Å²) in [6.45, 7) is 5.67. The first-order chi connectivity index (χ1) is 10.0. The lowest BCUT2D eigenvalue weighted by atomic mass is 10.1. The molecule has 0 spiro atoms. The number of nitrogens with zero attached hydrogens (tertiary/aromatic N) is 3. The van der Waals surface area contributed by atoms with Gasteiger partial charge in [0.05, 0.1) is 10.6 Å². The van der Waals surface area contributed by atoms with Crippen molar-refractivity contribution in [3.05, 3.63) is 56.9 Å². The largest absolute Gasteiger partial charge is 0.316 e. The Labute approximate surface area is 123 Å². The number of aryl methyl sites for hydroxylation is 3. The molecule has 0 fully saturated rings. The molecule has 0 aliphatic heterocycles. The molecule has 0 aliphatic rings. The fourth-order valence-electron chi connectivity index (χ4n) is 2.40. The number of benzene rings is 1. The number of aromatic nitrogens is 2. The Morgan fingerprint density at radius 2 is 1.95 bits per heavy atom. The van der Waals surface area contributed by atoms with Crippen LogP contribution in [0.25, 0.3) is 0 Å². The summed E-state index contributed by atoms with van der Waals surface area (Å²) in [5.74, 6) is 0. The molecule has 0 aliphatic carbocycles. The van der Waals surface area contributed by atoms with Crippen LogP contribution in [0.5, 0.6) is 0 Å². The van der Waals surface area contributed by atoms with Crippen molar-refractivity contribution in [2.24, 2.45) is 0 Å². The lowest BCUT2D eigenvalue weighted by Gasteiger charge is -2.06. The van der Waals surface area contributed by atoms with E-state index >= 15 is 0 Å². The van der Waals surface area contributed by atoms with Crippen LogP contribution in [0.1, 0.15) is 22.5 Å². The molecule has 0 saturated carbocycles. The minimum Gasteiger partial charge on any atom is -0.316 e. The molecule has 21 heavy (non-hydrogen) atoms. The molecule has 0 saturated heterocycles. The van der Waals surface area contributed by atoms with Crippen LogP contribution in [0.15, 0.2) is 24.3 Å². The van der Waals surface area contributed by atoms with E-state index in [0.29, 0.717) is 0 Å². The van der Waals surface area contributed by atoms with Crippen molar-refractivity contribution >= 4 is 5.69 Å². The molecule has 0 unspecified atom stereocenters. The standard InChI is InChI=1S/C15H20N4O2/c1-11-15(10-16-3)12(2)18(17-11)9-8-13-4-6-14(7-5-13)19(20)21/h4-7,16H,8-10H2,1-3H3. The van der Waals surface area contributed by atoms with Crippen molar-refractivity contribution in [3.8, 4) is 0 Å². The maximum absolute atomic E-state index is 10.6. The molecule has 6 nitrogen and oxygen atoms in total. The molecule has 0 bridgehead atoms. The first-order valence-corrected chi connectivity index (χ1v) is 6.93. The molecule has 0 radical (unpaired) electrons. The topological polar surface area (TPSA) is 73.0 Å². The van der Waals surface area contributed by atoms with Gasteiger partial charge in [-0.3, -0.25) is 14.8 Å². The summed E-state index contributed by atoms with van der Waals surface area (Å²) >= 11 is 0. The average molecular weight is 288 g/mol. The molecule has 1 N–H and O–H groups in total. The van der Waals surface area contributed by atoms with E-state index < -0.39 is 0 Å². The Kier molecular flexibility index (Phi) is 4.70. The number of hydrogen-bond donors (Lipinski definition) is 1. The van der Waals surface area contributed by atoms with E-state index in [-0.39, 0.29) is 10.6 Å². The number of nitro groups is 1. The first kappa shape index (κ1) is 15.2. The molecular formula is C15H20N4O2. The quantitative estimate of drug-likeness (QED) is 0.654. The molecular weight excluding hydrogens is 268 g/mol. The van der Waals surface area contributed by atoms with Crippen LogP contribution in [0, 0.1) is 24.0 Å².